The highest BCUT2D eigenvalue weighted by Gasteiger charge is 2.24. The van der Waals surface area contributed by atoms with Gasteiger partial charge in [-0.2, -0.15) is 0 Å². The Balaban J connectivity index is 1.33. The predicted molar refractivity (Wildman–Crippen MR) is 126 cm³/mol. The van der Waals surface area contributed by atoms with Crippen LogP contribution in [-0.2, 0) is 11.2 Å². The summed E-state index contributed by atoms with van der Waals surface area (Å²) in [7, 11) is 4.26. The zero-order valence-corrected chi connectivity index (χ0v) is 18.7. The minimum absolute atomic E-state index is 0.0652. The lowest BCUT2D eigenvalue weighted by Crippen LogP contribution is -2.31. The summed E-state index contributed by atoms with van der Waals surface area (Å²) in [5.74, 6) is -0.0652. The molecule has 2 heterocycles. The first-order chi connectivity index (χ1) is 14.5. The number of halogens is 1. The summed E-state index contributed by atoms with van der Waals surface area (Å²) in [6.07, 6.45) is 1.43. The number of likely N-dealkylation sites (N-methyl/N-ethyl adjacent to an activating group) is 1. The van der Waals surface area contributed by atoms with Crippen LogP contribution in [0.1, 0.15) is 12.1 Å². The van der Waals surface area contributed by atoms with Crippen LogP contribution < -0.4 is 10.2 Å². The number of hydrogen-bond acceptors (Lipinski definition) is 5. The smallest absolute Gasteiger partial charge is 0.230 e. The number of rotatable bonds is 6. The molecule has 7 heteroatoms. The second-order valence-corrected chi connectivity index (χ2v) is 9.07. The summed E-state index contributed by atoms with van der Waals surface area (Å²) < 4.78 is 0. The van der Waals surface area contributed by atoms with Crippen LogP contribution in [0.3, 0.4) is 0 Å². The van der Waals surface area contributed by atoms with Crippen molar-refractivity contribution in [1.82, 2.24) is 9.88 Å². The fraction of sp³-hybridized carbons (Fsp3) is 0.304. The molecule has 4 rings (SSSR count). The van der Waals surface area contributed by atoms with Crippen molar-refractivity contribution in [2.75, 3.05) is 37.4 Å². The number of nitrogens with one attached hydrogen (secondary N) is 1. The second kappa shape index (κ2) is 9.16. The Hall–Kier alpha value is -2.41. The second-order valence-electron chi connectivity index (χ2n) is 7.77. The molecule has 1 aromatic heterocycles. The van der Waals surface area contributed by atoms with Crippen LogP contribution >= 0.6 is 22.9 Å². The Morgan fingerprint density at radius 3 is 2.60 bits per heavy atom. The van der Waals surface area contributed by atoms with Crippen molar-refractivity contribution in [3.05, 3.63) is 64.6 Å². The first kappa shape index (κ1) is 20.8. The Labute approximate surface area is 186 Å². The van der Waals surface area contributed by atoms with E-state index in [1.54, 1.807) is 0 Å². The zero-order valence-electron chi connectivity index (χ0n) is 17.1. The molecule has 0 aliphatic carbocycles. The van der Waals surface area contributed by atoms with Crippen molar-refractivity contribution < 1.29 is 4.79 Å². The fourth-order valence-electron chi connectivity index (χ4n) is 3.64. The number of aromatic nitrogens is 1. The maximum atomic E-state index is 12.5. The average Bonchev–Trinajstić information content (AvgIpc) is 3.39. The summed E-state index contributed by atoms with van der Waals surface area (Å²) in [5.41, 5.74) is 3.78. The summed E-state index contributed by atoms with van der Waals surface area (Å²) >= 11 is 7.47. The van der Waals surface area contributed by atoms with E-state index in [0.717, 1.165) is 35.0 Å². The maximum absolute atomic E-state index is 12.5. The summed E-state index contributed by atoms with van der Waals surface area (Å²) in [5, 5.41) is 6.49. The molecular weight excluding hydrogens is 416 g/mol. The van der Waals surface area contributed by atoms with Crippen LogP contribution in [0.5, 0.6) is 0 Å². The van der Waals surface area contributed by atoms with Crippen molar-refractivity contribution in [3.8, 4) is 10.6 Å². The molecule has 0 spiro atoms. The first-order valence-electron chi connectivity index (χ1n) is 9.99. The zero-order chi connectivity index (χ0) is 21.1. The molecule has 0 radical (unpaired) electrons. The van der Waals surface area contributed by atoms with E-state index in [4.69, 9.17) is 11.6 Å². The third kappa shape index (κ3) is 5.01. The van der Waals surface area contributed by atoms with Crippen LogP contribution in [0.15, 0.2) is 53.9 Å². The normalized spacial score (nSPS) is 16.3. The minimum Gasteiger partial charge on any atom is -0.370 e. The van der Waals surface area contributed by atoms with Gasteiger partial charge >= 0.3 is 0 Å². The van der Waals surface area contributed by atoms with Gasteiger partial charge in [-0.25, -0.2) is 4.98 Å². The molecule has 1 amide bonds. The summed E-state index contributed by atoms with van der Waals surface area (Å²) in [6, 6.07) is 16.3. The van der Waals surface area contributed by atoms with Gasteiger partial charge in [0.15, 0.2) is 0 Å². The first-order valence-corrected chi connectivity index (χ1v) is 11.3. The minimum atomic E-state index is -0.0652. The molecule has 0 saturated carbocycles. The monoisotopic (exact) mass is 440 g/mol. The number of anilines is 2. The van der Waals surface area contributed by atoms with Crippen molar-refractivity contribution in [2.45, 2.75) is 18.9 Å². The molecule has 3 aromatic rings. The van der Waals surface area contributed by atoms with E-state index in [0.29, 0.717) is 11.1 Å². The van der Waals surface area contributed by atoms with Gasteiger partial charge < -0.3 is 15.1 Å². The van der Waals surface area contributed by atoms with E-state index in [1.165, 1.54) is 23.4 Å². The van der Waals surface area contributed by atoms with Crippen LogP contribution in [0.4, 0.5) is 11.4 Å². The molecule has 5 nitrogen and oxygen atoms in total. The Morgan fingerprint density at radius 2 is 1.93 bits per heavy atom. The number of amides is 1. The fourth-order valence-corrected chi connectivity index (χ4v) is 4.59. The van der Waals surface area contributed by atoms with Gasteiger partial charge in [0.1, 0.15) is 5.01 Å². The topological polar surface area (TPSA) is 48.5 Å². The SMILES string of the molecule is CN(C)C1CCN(c2ccc(NC(=O)Cc3csc(-c4ccc(Cl)cc4)n3)cc2)C1. The van der Waals surface area contributed by atoms with Gasteiger partial charge in [0.2, 0.25) is 5.91 Å². The molecule has 1 aliphatic rings. The number of nitrogens with zero attached hydrogens (tertiary/aromatic N) is 3. The molecule has 1 N–H and O–H groups in total. The number of hydrogen-bond donors (Lipinski definition) is 1. The molecule has 2 aromatic carbocycles. The Morgan fingerprint density at radius 1 is 1.20 bits per heavy atom. The van der Waals surface area contributed by atoms with Gasteiger partial charge in [-0.3, -0.25) is 4.79 Å². The highest BCUT2D eigenvalue weighted by atomic mass is 35.5. The molecule has 156 valence electrons. The summed E-state index contributed by atoms with van der Waals surface area (Å²) in [6.45, 7) is 2.10. The van der Waals surface area contributed by atoms with E-state index in [-0.39, 0.29) is 12.3 Å². The Kier molecular flexibility index (Phi) is 6.37. The van der Waals surface area contributed by atoms with Gasteiger partial charge in [0, 0.05) is 46.5 Å². The van der Waals surface area contributed by atoms with Crippen LogP contribution in [-0.4, -0.2) is 49.0 Å². The van der Waals surface area contributed by atoms with Gasteiger partial charge in [-0.1, -0.05) is 23.7 Å². The Bertz CT molecular complexity index is 1000. The molecular formula is C23H25ClN4OS. The van der Waals surface area contributed by atoms with Crippen molar-refractivity contribution >= 4 is 40.2 Å². The lowest BCUT2D eigenvalue weighted by atomic mass is 10.2. The number of thiazole rings is 1. The summed E-state index contributed by atoms with van der Waals surface area (Å²) in [4.78, 5) is 21.7. The average molecular weight is 441 g/mol. The number of carbonyl (C=O) groups is 1. The van der Waals surface area contributed by atoms with Gasteiger partial charge in [-0.05, 0) is 56.9 Å². The van der Waals surface area contributed by atoms with Crippen LogP contribution in [0.2, 0.25) is 5.02 Å². The van der Waals surface area contributed by atoms with E-state index in [1.807, 2.05) is 41.8 Å². The van der Waals surface area contributed by atoms with E-state index < -0.39 is 0 Å². The van der Waals surface area contributed by atoms with E-state index >= 15 is 0 Å². The predicted octanol–water partition coefficient (Wildman–Crippen LogP) is 4.79. The highest BCUT2D eigenvalue weighted by Crippen LogP contribution is 2.26. The van der Waals surface area contributed by atoms with Gasteiger partial charge in [0.25, 0.3) is 0 Å². The van der Waals surface area contributed by atoms with Crippen LogP contribution in [0, 0.1) is 0 Å². The lowest BCUT2D eigenvalue weighted by Gasteiger charge is -2.22. The number of carbonyl (C=O) groups excluding carboxylic acids is 1. The highest BCUT2D eigenvalue weighted by molar-refractivity contribution is 7.13. The third-order valence-electron chi connectivity index (χ3n) is 5.39. The standard InChI is InChI=1S/C23H25ClN4OS/c1-27(2)21-11-12-28(14-21)20-9-7-18(8-10-20)25-22(29)13-19-15-30-23(26-19)16-3-5-17(24)6-4-16/h3-10,15,21H,11-14H2,1-2H3,(H,25,29). The molecule has 0 bridgehead atoms. The third-order valence-corrected chi connectivity index (χ3v) is 6.59. The quantitative estimate of drug-likeness (QED) is 0.599. The van der Waals surface area contributed by atoms with Crippen molar-refractivity contribution in [3.63, 3.8) is 0 Å². The maximum Gasteiger partial charge on any atom is 0.230 e. The molecule has 1 atom stereocenters. The molecule has 1 saturated heterocycles. The molecule has 30 heavy (non-hydrogen) atoms. The molecule has 1 fully saturated rings. The molecule has 1 aliphatic heterocycles. The largest absolute Gasteiger partial charge is 0.370 e. The van der Waals surface area contributed by atoms with Gasteiger partial charge in [-0.15, -0.1) is 11.3 Å². The van der Waals surface area contributed by atoms with Crippen molar-refractivity contribution in [1.29, 1.82) is 0 Å². The number of benzene rings is 2. The van der Waals surface area contributed by atoms with Gasteiger partial charge in [0.05, 0.1) is 12.1 Å². The lowest BCUT2D eigenvalue weighted by molar-refractivity contribution is -0.115. The van der Waals surface area contributed by atoms with Crippen molar-refractivity contribution in [2.24, 2.45) is 0 Å². The van der Waals surface area contributed by atoms with E-state index in [9.17, 15) is 4.79 Å². The molecule has 1 unspecified atom stereocenters. The van der Waals surface area contributed by atoms with E-state index in [2.05, 4.69) is 46.3 Å². The van der Waals surface area contributed by atoms with Crippen LogP contribution in [0.25, 0.3) is 10.6 Å².